The Bertz CT molecular complexity index is 641. The van der Waals surface area contributed by atoms with Gasteiger partial charge in [-0.15, -0.1) is 0 Å². The van der Waals surface area contributed by atoms with Gasteiger partial charge in [0.05, 0.1) is 0 Å². The van der Waals surface area contributed by atoms with Gasteiger partial charge in [0.1, 0.15) is 16.9 Å². The largest absolute Gasteiger partial charge is 0.478 e. The van der Waals surface area contributed by atoms with Gasteiger partial charge >= 0.3 is 12.1 Å². The van der Waals surface area contributed by atoms with Crippen molar-refractivity contribution in [2.24, 2.45) is 0 Å². The molecular weight excluding hydrogens is 275 g/mol. The minimum absolute atomic E-state index is 0.204. The molecule has 1 aromatic heterocycles. The van der Waals surface area contributed by atoms with Gasteiger partial charge in [0.15, 0.2) is 0 Å². The predicted molar refractivity (Wildman–Crippen MR) is 62.7 cm³/mol. The zero-order valence-electron chi connectivity index (χ0n) is 9.89. The molecule has 0 aliphatic rings. The van der Waals surface area contributed by atoms with Gasteiger partial charge in [-0.3, -0.25) is 0 Å². The Morgan fingerprint density at radius 2 is 1.85 bits per heavy atom. The molecular formula is C13H8F3NO3. The van der Waals surface area contributed by atoms with E-state index in [0.29, 0.717) is 0 Å². The molecule has 1 heterocycles. The Balaban J connectivity index is 2.44. The van der Waals surface area contributed by atoms with E-state index >= 15 is 0 Å². The number of nitrogens with zero attached hydrogens (tertiary/aromatic N) is 1. The molecule has 0 amide bonds. The lowest BCUT2D eigenvalue weighted by Gasteiger charge is -2.13. The van der Waals surface area contributed by atoms with E-state index in [0.717, 1.165) is 18.3 Å². The Morgan fingerprint density at radius 3 is 2.50 bits per heavy atom. The molecule has 0 fully saturated rings. The summed E-state index contributed by atoms with van der Waals surface area (Å²) in [5.41, 5.74) is -1.31. The van der Waals surface area contributed by atoms with E-state index in [9.17, 15) is 18.0 Å². The first-order valence-electron chi connectivity index (χ1n) is 5.42. The predicted octanol–water partition coefficient (Wildman–Crippen LogP) is 3.59. The van der Waals surface area contributed by atoms with Crippen molar-refractivity contribution in [3.8, 4) is 11.6 Å². The number of hydrogen-bond acceptors (Lipinski definition) is 3. The lowest BCUT2D eigenvalue weighted by Crippen LogP contribution is -2.09. The number of carboxylic acid groups (broad SMARTS) is 1. The monoisotopic (exact) mass is 283 g/mol. The fourth-order valence-corrected chi connectivity index (χ4v) is 1.52. The topological polar surface area (TPSA) is 59.4 Å². The molecule has 0 saturated heterocycles. The summed E-state index contributed by atoms with van der Waals surface area (Å²) in [6, 6.07) is 7.33. The standard InChI is InChI=1S/C13H8F3NO3/c14-13(15,16)9-5-3-7-17-11(9)20-10-6-2-1-4-8(10)12(18)19/h1-7H,(H,18,19). The maximum atomic E-state index is 12.8. The highest BCUT2D eigenvalue weighted by Gasteiger charge is 2.35. The number of benzene rings is 1. The average molecular weight is 283 g/mol. The molecule has 0 bridgehead atoms. The first kappa shape index (κ1) is 13.9. The molecule has 7 heteroatoms. The third-order valence-electron chi connectivity index (χ3n) is 2.40. The highest BCUT2D eigenvalue weighted by atomic mass is 19.4. The minimum atomic E-state index is -4.64. The van der Waals surface area contributed by atoms with E-state index in [1.54, 1.807) is 0 Å². The quantitative estimate of drug-likeness (QED) is 0.935. The van der Waals surface area contributed by atoms with Crippen molar-refractivity contribution < 1.29 is 27.8 Å². The smallest absolute Gasteiger partial charge is 0.421 e. The number of ether oxygens (including phenoxy) is 1. The SMILES string of the molecule is O=C(O)c1ccccc1Oc1ncccc1C(F)(F)F. The van der Waals surface area contributed by atoms with Crippen molar-refractivity contribution in [2.45, 2.75) is 6.18 Å². The number of carbonyl (C=O) groups is 1. The third-order valence-corrected chi connectivity index (χ3v) is 2.40. The molecule has 20 heavy (non-hydrogen) atoms. The van der Waals surface area contributed by atoms with Crippen molar-refractivity contribution in [2.75, 3.05) is 0 Å². The lowest BCUT2D eigenvalue weighted by atomic mass is 10.2. The Hall–Kier alpha value is -2.57. The first-order valence-corrected chi connectivity index (χ1v) is 5.42. The normalized spacial score (nSPS) is 11.2. The van der Waals surface area contributed by atoms with Crippen molar-refractivity contribution in [3.05, 3.63) is 53.7 Å². The van der Waals surface area contributed by atoms with Crippen LogP contribution in [0.1, 0.15) is 15.9 Å². The summed E-state index contributed by atoms with van der Waals surface area (Å²) >= 11 is 0. The highest BCUT2D eigenvalue weighted by molar-refractivity contribution is 5.90. The van der Waals surface area contributed by atoms with Crippen molar-refractivity contribution >= 4 is 5.97 Å². The van der Waals surface area contributed by atoms with Crippen LogP contribution in [0.3, 0.4) is 0 Å². The van der Waals surface area contributed by atoms with Crippen LogP contribution in [0.5, 0.6) is 11.6 Å². The number of aromatic carboxylic acids is 1. The zero-order chi connectivity index (χ0) is 14.8. The fourth-order valence-electron chi connectivity index (χ4n) is 1.52. The zero-order valence-corrected chi connectivity index (χ0v) is 9.89. The van der Waals surface area contributed by atoms with Gasteiger partial charge in [0, 0.05) is 6.20 Å². The second-order valence-corrected chi connectivity index (χ2v) is 3.76. The van der Waals surface area contributed by atoms with E-state index in [4.69, 9.17) is 9.84 Å². The van der Waals surface area contributed by atoms with E-state index < -0.39 is 23.6 Å². The number of alkyl halides is 3. The van der Waals surface area contributed by atoms with E-state index in [-0.39, 0.29) is 11.3 Å². The molecule has 1 aromatic carbocycles. The van der Waals surface area contributed by atoms with Crippen molar-refractivity contribution in [1.82, 2.24) is 4.98 Å². The summed E-state index contributed by atoms with van der Waals surface area (Å²) in [7, 11) is 0. The molecule has 2 rings (SSSR count). The Labute approximate surface area is 111 Å². The van der Waals surface area contributed by atoms with Crippen LogP contribution in [-0.4, -0.2) is 16.1 Å². The van der Waals surface area contributed by atoms with E-state index in [1.807, 2.05) is 0 Å². The number of rotatable bonds is 3. The van der Waals surface area contributed by atoms with Crippen LogP contribution in [0, 0.1) is 0 Å². The Kier molecular flexibility index (Phi) is 3.60. The van der Waals surface area contributed by atoms with Crippen molar-refractivity contribution in [3.63, 3.8) is 0 Å². The lowest BCUT2D eigenvalue weighted by molar-refractivity contribution is -0.138. The number of halogens is 3. The second kappa shape index (κ2) is 5.20. The number of pyridine rings is 1. The molecule has 0 spiro atoms. The fraction of sp³-hybridized carbons (Fsp3) is 0.0769. The first-order chi connectivity index (χ1) is 9.39. The van der Waals surface area contributed by atoms with Gasteiger partial charge in [0.25, 0.3) is 0 Å². The summed E-state index contributed by atoms with van der Waals surface area (Å²) in [5, 5.41) is 8.95. The highest BCUT2D eigenvalue weighted by Crippen LogP contribution is 2.37. The minimum Gasteiger partial charge on any atom is -0.478 e. The van der Waals surface area contributed by atoms with Crippen LogP contribution in [0.15, 0.2) is 42.6 Å². The van der Waals surface area contributed by atoms with Gasteiger partial charge in [0.2, 0.25) is 5.88 Å². The van der Waals surface area contributed by atoms with Gasteiger partial charge in [-0.1, -0.05) is 12.1 Å². The summed E-state index contributed by atoms with van der Waals surface area (Å²) < 4.78 is 43.3. The van der Waals surface area contributed by atoms with Gasteiger partial charge in [-0.05, 0) is 24.3 Å². The molecule has 0 aliphatic carbocycles. The van der Waals surface area contributed by atoms with Crippen LogP contribution in [0.2, 0.25) is 0 Å². The van der Waals surface area contributed by atoms with Crippen LogP contribution < -0.4 is 4.74 Å². The summed E-state index contributed by atoms with van der Waals surface area (Å²) in [4.78, 5) is 14.5. The molecule has 0 aliphatic heterocycles. The molecule has 4 nitrogen and oxygen atoms in total. The summed E-state index contributed by atoms with van der Waals surface area (Å²) in [6.45, 7) is 0. The molecule has 0 saturated carbocycles. The van der Waals surface area contributed by atoms with Gasteiger partial charge in [-0.2, -0.15) is 13.2 Å². The van der Waals surface area contributed by atoms with Crippen LogP contribution >= 0.6 is 0 Å². The summed E-state index contributed by atoms with van der Waals surface area (Å²) in [6.07, 6.45) is -3.50. The number of hydrogen-bond donors (Lipinski definition) is 1. The number of para-hydroxylation sites is 1. The van der Waals surface area contributed by atoms with E-state index in [1.165, 1.54) is 24.3 Å². The maximum absolute atomic E-state index is 12.8. The van der Waals surface area contributed by atoms with Crippen LogP contribution in [0.25, 0.3) is 0 Å². The molecule has 2 aromatic rings. The molecule has 104 valence electrons. The molecule has 0 radical (unpaired) electrons. The van der Waals surface area contributed by atoms with Gasteiger partial charge in [-0.25, -0.2) is 9.78 Å². The number of carboxylic acids is 1. The molecule has 0 atom stereocenters. The summed E-state index contributed by atoms with van der Waals surface area (Å²) in [5.74, 6) is -2.19. The number of aromatic nitrogens is 1. The molecule has 1 N–H and O–H groups in total. The van der Waals surface area contributed by atoms with Gasteiger partial charge < -0.3 is 9.84 Å². The van der Waals surface area contributed by atoms with E-state index in [2.05, 4.69) is 4.98 Å². The maximum Gasteiger partial charge on any atom is 0.421 e. The third kappa shape index (κ3) is 2.87. The van der Waals surface area contributed by atoms with Crippen molar-refractivity contribution in [1.29, 1.82) is 0 Å². The van der Waals surface area contributed by atoms with Crippen LogP contribution in [-0.2, 0) is 6.18 Å². The van der Waals surface area contributed by atoms with Crippen LogP contribution in [0.4, 0.5) is 13.2 Å². The Morgan fingerprint density at radius 1 is 1.15 bits per heavy atom. The average Bonchev–Trinajstić information content (AvgIpc) is 2.38. The molecule has 0 unspecified atom stereocenters. The second-order valence-electron chi connectivity index (χ2n) is 3.76.